The van der Waals surface area contributed by atoms with Gasteiger partial charge in [-0.2, -0.15) is 13.2 Å². The molecule has 0 fully saturated rings. The first-order chi connectivity index (χ1) is 15.1. The molecule has 4 rings (SSSR count). The molecule has 0 atom stereocenters. The van der Waals surface area contributed by atoms with Crippen LogP contribution in [0.5, 0.6) is 0 Å². The minimum absolute atomic E-state index is 0.0791. The fourth-order valence-corrected chi connectivity index (χ4v) is 4.12. The van der Waals surface area contributed by atoms with Gasteiger partial charge in [0.15, 0.2) is 0 Å². The van der Waals surface area contributed by atoms with Crippen molar-refractivity contribution in [1.82, 2.24) is 9.97 Å². The van der Waals surface area contributed by atoms with E-state index in [-0.39, 0.29) is 17.1 Å². The topological polar surface area (TPSA) is 98.1 Å². The van der Waals surface area contributed by atoms with Crippen LogP contribution in [0.4, 0.5) is 43.9 Å². The van der Waals surface area contributed by atoms with Crippen molar-refractivity contribution < 1.29 is 26.7 Å². The van der Waals surface area contributed by atoms with Gasteiger partial charge in [0, 0.05) is 16.5 Å². The van der Waals surface area contributed by atoms with Gasteiger partial charge in [0.2, 0.25) is 0 Å². The predicted molar refractivity (Wildman–Crippen MR) is 110 cm³/mol. The summed E-state index contributed by atoms with van der Waals surface area (Å²) in [5.74, 6) is -1.85. The van der Waals surface area contributed by atoms with Crippen molar-refractivity contribution in [1.29, 1.82) is 0 Å². The number of thiophene rings is 1. The van der Waals surface area contributed by atoms with E-state index in [1.54, 1.807) is 5.38 Å². The average Bonchev–Trinajstić information content (AvgIpc) is 3.14. The van der Waals surface area contributed by atoms with Crippen molar-refractivity contribution in [2.24, 2.45) is 5.73 Å². The molecule has 0 spiro atoms. The van der Waals surface area contributed by atoms with Crippen LogP contribution in [-0.2, 0) is 6.18 Å². The van der Waals surface area contributed by atoms with Gasteiger partial charge in [-0.25, -0.2) is 23.5 Å². The monoisotopic (exact) mass is 465 g/mol. The number of fused-ring (bicyclic) bond motifs is 1. The Morgan fingerprint density at radius 1 is 1.00 bits per heavy atom. The number of hydrogen-bond acceptors (Lipinski definition) is 5. The van der Waals surface area contributed by atoms with Crippen LogP contribution in [0, 0.1) is 11.6 Å². The quantitative estimate of drug-likeness (QED) is 0.393. The van der Waals surface area contributed by atoms with Crippen LogP contribution in [0.2, 0.25) is 0 Å². The Labute approximate surface area is 180 Å². The molecule has 164 valence electrons. The minimum Gasteiger partial charge on any atom is -0.383 e. The van der Waals surface area contributed by atoms with Crippen LogP contribution in [-0.4, -0.2) is 16.0 Å². The van der Waals surface area contributed by atoms with E-state index >= 15 is 4.39 Å². The highest BCUT2D eigenvalue weighted by Crippen LogP contribution is 2.39. The van der Waals surface area contributed by atoms with E-state index in [4.69, 9.17) is 11.5 Å². The number of benzene rings is 2. The van der Waals surface area contributed by atoms with Gasteiger partial charge in [0.1, 0.15) is 28.6 Å². The van der Waals surface area contributed by atoms with E-state index in [0.717, 1.165) is 6.07 Å². The summed E-state index contributed by atoms with van der Waals surface area (Å²) < 4.78 is 68.6. The Bertz CT molecular complexity index is 1350. The fourth-order valence-electron chi connectivity index (χ4n) is 3.20. The molecule has 4 N–H and O–H groups in total. The van der Waals surface area contributed by atoms with Crippen LogP contribution < -0.4 is 16.4 Å². The van der Waals surface area contributed by atoms with E-state index in [9.17, 15) is 22.4 Å². The number of hydrogen-bond donors (Lipinski definition) is 2. The molecule has 32 heavy (non-hydrogen) atoms. The number of alkyl halides is 3. The molecule has 0 unspecified atom stereocenters. The molecule has 2 amide bonds. The van der Waals surface area contributed by atoms with E-state index in [1.807, 2.05) is 0 Å². The summed E-state index contributed by atoms with van der Waals surface area (Å²) in [5, 5.41) is 2.05. The maximum Gasteiger partial charge on any atom is 0.416 e. The number of aromatic nitrogens is 2. The lowest BCUT2D eigenvalue weighted by molar-refractivity contribution is -0.137. The molecule has 0 saturated carbocycles. The summed E-state index contributed by atoms with van der Waals surface area (Å²) in [6, 6.07) is 3.58. The van der Waals surface area contributed by atoms with Crippen LogP contribution in [0.3, 0.4) is 0 Å². The van der Waals surface area contributed by atoms with Gasteiger partial charge in [-0.05, 0) is 36.4 Å². The second-order valence-electron chi connectivity index (χ2n) is 6.59. The normalized spacial score (nSPS) is 11.7. The largest absolute Gasteiger partial charge is 0.416 e. The molecule has 2 aromatic heterocycles. The third kappa shape index (κ3) is 3.68. The highest BCUT2D eigenvalue weighted by Gasteiger charge is 2.32. The smallest absolute Gasteiger partial charge is 0.383 e. The van der Waals surface area contributed by atoms with Crippen molar-refractivity contribution in [3.63, 3.8) is 0 Å². The van der Waals surface area contributed by atoms with Gasteiger partial charge >= 0.3 is 12.2 Å². The molecule has 2 aromatic carbocycles. The summed E-state index contributed by atoms with van der Waals surface area (Å²) in [6.45, 7) is 0. The molecule has 0 aliphatic rings. The molecule has 2 heterocycles. The minimum atomic E-state index is -4.79. The van der Waals surface area contributed by atoms with Crippen molar-refractivity contribution in [3.8, 4) is 11.1 Å². The van der Waals surface area contributed by atoms with E-state index < -0.39 is 35.1 Å². The summed E-state index contributed by atoms with van der Waals surface area (Å²) in [4.78, 5) is 20.9. The first-order valence-electron chi connectivity index (χ1n) is 8.82. The Balaban J connectivity index is 1.83. The first kappa shape index (κ1) is 21.4. The lowest BCUT2D eigenvalue weighted by Crippen LogP contribution is -2.32. The van der Waals surface area contributed by atoms with Gasteiger partial charge in [-0.1, -0.05) is 0 Å². The Kier molecular flexibility index (Phi) is 5.17. The number of anilines is 3. The van der Waals surface area contributed by atoms with Gasteiger partial charge in [0.25, 0.3) is 0 Å². The first-order valence-corrected chi connectivity index (χ1v) is 9.70. The Morgan fingerprint density at radius 2 is 1.75 bits per heavy atom. The summed E-state index contributed by atoms with van der Waals surface area (Å²) in [7, 11) is 0. The summed E-state index contributed by atoms with van der Waals surface area (Å²) >= 11 is 1.21. The number of primary amides is 1. The maximum absolute atomic E-state index is 15.1. The molecule has 6 nitrogen and oxygen atoms in total. The van der Waals surface area contributed by atoms with Gasteiger partial charge in [-0.3, -0.25) is 4.90 Å². The summed E-state index contributed by atoms with van der Waals surface area (Å²) in [5.41, 5.74) is 9.41. The molecular weight excluding hydrogens is 453 g/mol. The number of nitrogens with two attached hydrogens (primary N) is 2. The number of nitrogen functional groups attached to an aromatic ring is 1. The molecule has 0 saturated heterocycles. The number of halogens is 5. The second kappa shape index (κ2) is 7.71. The third-order valence-corrected chi connectivity index (χ3v) is 5.52. The molecular formula is C20H12F5N5OS. The van der Waals surface area contributed by atoms with E-state index in [1.165, 1.54) is 29.8 Å². The van der Waals surface area contributed by atoms with E-state index in [0.29, 0.717) is 38.9 Å². The number of amides is 2. The standard InChI is InChI=1S/C20H12F5N5OS/c21-13-4-1-9(20(23,24)25)5-15(13)30(19(27)31)10-2-3-11(14(22)6-10)12-7-32-18-16(12)17(26)28-8-29-18/h1-8H,(H2,27,31)(H2,26,28,29). The molecule has 12 heteroatoms. The van der Waals surface area contributed by atoms with Crippen molar-refractivity contribution in [3.05, 3.63) is 65.3 Å². The second-order valence-corrected chi connectivity index (χ2v) is 7.45. The van der Waals surface area contributed by atoms with Crippen molar-refractivity contribution in [2.75, 3.05) is 10.6 Å². The maximum atomic E-state index is 15.1. The number of carbonyl (C=O) groups is 1. The average molecular weight is 465 g/mol. The number of nitrogens with zero attached hydrogens (tertiary/aromatic N) is 3. The molecule has 0 radical (unpaired) electrons. The van der Waals surface area contributed by atoms with Gasteiger partial charge in [0.05, 0.1) is 22.3 Å². The highest BCUT2D eigenvalue weighted by molar-refractivity contribution is 7.17. The lowest BCUT2D eigenvalue weighted by Gasteiger charge is -2.23. The molecule has 4 aromatic rings. The zero-order chi connectivity index (χ0) is 23.2. The predicted octanol–water partition coefficient (Wildman–Crippen LogP) is 5.45. The number of carbonyl (C=O) groups excluding carboxylic acids is 1. The number of urea groups is 1. The SMILES string of the molecule is NC(=O)N(c1ccc(-c2csc3ncnc(N)c23)c(F)c1)c1cc(C(F)(F)F)ccc1F. The van der Waals surface area contributed by atoms with Crippen LogP contribution >= 0.6 is 11.3 Å². The fraction of sp³-hybridized carbons (Fsp3) is 0.0500. The molecule has 0 aliphatic heterocycles. The van der Waals surface area contributed by atoms with Crippen LogP contribution in [0.15, 0.2) is 48.1 Å². The Hall–Kier alpha value is -3.80. The van der Waals surface area contributed by atoms with Crippen molar-refractivity contribution in [2.45, 2.75) is 6.18 Å². The molecule has 0 bridgehead atoms. The van der Waals surface area contributed by atoms with Gasteiger partial charge < -0.3 is 11.5 Å². The van der Waals surface area contributed by atoms with Crippen molar-refractivity contribution >= 4 is 44.8 Å². The van der Waals surface area contributed by atoms with Crippen LogP contribution in [0.25, 0.3) is 21.3 Å². The highest BCUT2D eigenvalue weighted by atomic mass is 32.1. The third-order valence-electron chi connectivity index (χ3n) is 4.64. The van der Waals surface area contributed by atoms with Gasteiger partial charge in [-0.15, -0.1) is 11.3 Å². The zero-order valence-electron chi connectivity index (χ0n) is 15.8. The summed E-state index contributed by atoms with van der Waals surface area (Å²) in [6.07, 6.45) is -3.52. The Morgan fingerprint density at radius 3 is 2.41 bits per heavy atom. The number of rotatable bonds is 3. The molecule has 0 aliphatic carbocycles. The zero-order valence-corrected chi connectivity index (χ0v) is 16.6. The van der Waals surface area contributed by atoms with Crippen LogP contribution in [0.1, 0.15) is 5.56 Å². The van der Waals surface area contributed by atoms with E-state index in [2.05, 4.69) is 9.97 Å². The lowest BCUT2D eigenvalue weighted by atomic mass is 10.0.